The quantitative estimate of drug-likeness (QED) is 0.659. The molecule has 0 saturated carbocycles. The highest BCUT2D eigenvalue weighted by Crippen LogP contribution is 2.15. The monoisotopic (exact) mass is 342 g/mol. The summed E-state index contributed by atoms with van der Waals surface area (Å²) in [6, 6.07) is 13.1. The van der Waals surface area contributed by atoms with Gasteiger partial charge < -0.3 is 19.1 Å². The number of hydrogen-bond donors (Lipinski definition) is 1. The number of aromatic nitrogens is 4. The number of benzene rings is 1. The fraction of sp³-hybridized carbons (Fsp3) is 0.294. The Kier molecular flexibility index (Phi) is 5.65. The standard InChI is InChI=1S/C17H18N4O4/c1-23-15-8-7-14(19-20-15)17-18-16(25-21-17)9-13(22)11-24-10-12-5-3-2-4-6-12/h2-8,13,22H,9-11H2,1H3. The Balaban J connectivity index is 1.50. The Morgan fingerprint density at radius 2 is 1.96 bits per heavy atom. The Morgan fingerprint density at radius 3 is 2.68 bits per heavy atom. The lowest BCUT2D eigenvalue weighted by molar-refractivity contribution is 0.0253. The molecule has 1 N–H and O–H groups in total. The molecule has 2 aromatic heterocycles. The van der Waals surface area contributed by atoms with Crippen LogP contribution in [0.1, 0.15) is 11.5 Å². The van der Waals surface area contributed by atoms with Gasteiger partial charge >= 0.3 is 0 Å². The molecule has 0 aliphatic rings. The molecule has 1 aromatic carbocycles. The predicted octanol–water partition coefficient (Wildman–Crippen LogP) is 1.66. The molecule has 0 saturated heterocycles. The van der Waals surface area contributed by atoms with Crippen LogP contribution in [0, 0.1) is 0 Å². The molecule has 0 aliphatic carbocycles. The van der Waals surface area contributed by atoms with E-state index < -0.39 is 6.10 Å². The van der Waals surface area contributed by atoms with Crippen LogP contribution in [0.2, 0.25) is 0 Å². The molecule has 2 heterocycles. The van der Waals surface area contributed by atoms with E-state index in [-0.39, 0.29) is 13.0 Å². The first-order valence-electron chi connectivity index (χ1n) is 7.75. The fourth-order valence-corrected chi connectivity index (χ4v) is 2.14. The van der Waals surface area contributed by atoms with Gasteiger partial charge in [0, 0.05) is 6.07 Å². The van der Waals surface area contributed by atoms with Crippen LogP contribution < -0.4 is 4.74 Å². The van der Waals surface area contributed by atoms with Gasteiger partial charge in [-0.05, 0) is 11.6 Å². The van der Waals surface area contributed by atoms with Crippen LogP contribution in [-0.4, -0.2) is 45.3 Å². The molecule has 0 amide bonds. The summed E-state index contributed by atoms with van der Waals surface area (Å²) in [6.45, 7) is 0.614. The third-order valence-electron chi connectivity index (χ3n) is 3.38. The number of ether oxygens (including phenoxy) is 2. The van der Waals surface area contributed by atoms with Crippen LogP contribution >= 0.6 is 0 Å². The summed E-state index contributed by atoms with van der Waals surface area (Å²) in [4.78, 5) is 4.21. The number of hydrogen-bond acceptors (Lipinski definition) is 8. The van der Waals surface area contributed by atoms with Crippen LogP contribution in [0.25, 0.3) is 11.5 Å². The average molecular weight is 342 g/mol. The fourth-order valence-electron chi connectivity index (χ4n) is 2.14. The molecule has 3 aromatic rings. The molecule has 0 spiro atoms. The van der Waals surface area contributed by atoms with Gasteiger partial charge in [-0.15, -0.1) is 10.2 Å². The molecule has 1 atom stereocenters. The lowest BCUT2D eigenvalue weighted by atomic mass is 10.2. The zero-order valence-electron chi connectivity index (χ0n) is 13.7. The molecule has 0 aliphatic heterocycles. The first-order valence-corrected chi connectivity index (χ1v) is 7.75. The van der Waals surface area contributed by atoms with E-state index in [1.807, 2.05) is 30.3 Å². The molecule has 0 fully saturated rings. The maximum atomic E-state index is 10.0. The van der Waals surface area contributed by atoms with Gasteiger partial charge in [0.1, 0.15) is 5.69 Å². The second kappa shape index (κ2) is 8.32. The maximum Gasteiger partial charge on any atom is 0.233 e. The summed E-state index contributed by atoms with van der Waals surface area (Å²) < 4.78 is 15.6. The minimum Gasteiger partial charge on any atom is -0.480 e. The smallest absolute Gasteiger partial charge is 0.233 e. The van der Waals surface area contributed by atoms with Crippen LogP contribution in [0.15, 0.2) is 47.0 Å². The summed E-state index contributed by atoms with van der Waals surface area (Å²) in [5.74, 6) is 1.02. The zero-order valence-corrected chi connectivity index (χ0v) is 13.7. The van der Waals surface area contributed by atoms with E-state index in [0.717, 1.165) is 5.56 Å². The van der Waals surface area contributed by atoms with Gasteiger partial charge in [-0.3, -0.25) is 0 Å². The molecule has 130 valence electrons. The van der Waals surface area contributed by atoms with Crippen molar-refractivity contribution < 1.29 is 19.1 Å². The van der Waals surface area contributed by atoms with E-state index in [4.69, 9.17) is 14.0 Å². The summed E-state index contributed by atoms with van der Waals surface area (Å²) in [5, 5.41) is 21.7. The summed E-state index contributed by atoms with van der Waals surface area (Å²) in [6.07, 6.45) is -0.537. The third kappa shape index (κ3) is 4.82. The highest BCUT2D eigenvalue weighted by Gasteiger charge is 2.15. The second-order valence-corrected chi connectivity index (χ2v) is 5.33. The molecule has 8 heteroatoms. The van der Waals surface area contributed by atoms with Crippen molar-refractivity contribution >= 4 is 0 Å². The van der Waals surface area contributed by atoms with Crippen molar-refractivity contribution in [3.05, 3.63) is 53.9 Å². The van der Waals surface area contributed by atoms with E-state index in [2.05, 4.69) is 20.3 Å². The van der Waals surface area contributed by atoms with Gasteiger partial charge in [0.15, 0.2) is 0 Å². The average Bonchev–Trinajstić information content (AvgIpc) is 3.11. The number of nitrogens with zero attached hydrogens (tertiary/aromatic N) is 4. The topological polar surface area (TPSA) is 103 Å². The van der Waals surface area contributed by atoms with E-state index in [1.165, 1.54) is 7.11 Å². The van der Waals surface area contributed by atoms with Gasteiger partial charge in [-0.1, -0.05) is 35.5 Å². The summed E-state index contributed by atoms with van der Waals surface area (Å²) >= 11 is 0. The van der Waals surface area contributed by atoms with Crippen LogP contribution in [0.5, 0.6) is 5.88 Å². The Morgan fingerprint density at radius 1 is 1.12 bits per heavy atom. The van der Waals surface area contributed by atoms with E-state index in [9.17, 15) is 5.11 Å². The molecule has 0 radical (unpaired) electrons. The maximum absolute atomic E-state index is 10.0. The molecule has 3 rings (SSSR count). The third-order valence-corrected chi connectivity index (χ3v) is 3.38. The van der Waals surface area contributed by atoms with Crippen molar-refractivity contribution in [2.24, 2.45) is 0 Å². The number of methoxy groups -OCH3 is 1. The van der Waals surface area contributed by atoms with Gasteiger partial charge in [-0.2, -0.15) is 4.98 Å². The van der Waals surface area contributed by atoms with Crippen molar-refractivity contribution in [2.45, 2.75) is 19.1 Å². The minimum absolute atomic E-state index is 0.176. The highest BCUT2D eigenvalue weighted by molar-refractivity contribution is 5.47. The Bertz CT molecular complexity index is 777. The highest BCUT2D eigenvalue weighted by atomic mass is 16.5. The normalized spacial score (nSPS) is 12.1. The SMILES string of the molecule is COc1ccc(-c2noc(CC(O)COCc3ccccc3)n2)nn1. The molecule has 0 bridgehead atoms. The van der Waals surface area contributed by atoms with E-state index in [0.29, 0.717) is 29.9 Å². The number of rotatable bonds is 8. The minimum atomic E-state index is -0.737. The van der Waals surface area contributed by atoms with Gasteiger partial charge in [0.05, 0.1) is 32.8 Å². The molecular formula is C17H18N4O4. The Hall–Kier alpha value is -2.84. The molecular weight excluding hydrogens is 324 g/mol. The van der Waals surface area contributed by atoms with Crippen molar-refractivity contribution in [2.75, 3.05) is 13.7 Å². The lowest BCUT2D eigenvalue weighted by Gasteiger charge is -2.09. The van der Waals surface area contributed by atoms with Crippen LogP contribution in [0.3, 0.4) is 0 Å². The van der Waals surface area contributed by atoms with Gasteiger partial charge in [-0.25, -0.2) is 0 Å². The van der Waals surface area contributed by atoms with Crippen LogP contribution in [-0.2, 0) is 17.8 Å². The zero-order chi connectivity index (χ0) is 17.5. The molecule has 8 nitrogen and oxygen atoms in total. The Labute approximate surface area is 144 Å². The summed E-state index contributed by atoms with van der Waals surface area (Å²) in [5.41, 5.74) is 1.51. The van der Waals surface area contributed by atoms with Gasteiger partial charge in [0.25, 0.3) is 0 Å². The number of aliphatic hydroxyl groups excluding tert-OH is 1. The van der Waals surface area contributed by atoms with Crippen molar-refractivity contribution in [1.82, 2.24) is 20.3 Å². The second-order valence-electron chi connectivity index (χ2n) is 5.33. The number of aliphatic hydroxyl groups is 1. The van der Waals surface area contributed by atoms with Crippen molar-refractivity contribution in [3.8, 4) is 17.4 Å². The predicted molar refractivity (Wildman–Crippen MR) is 87.7 cm³/mol. The first kappa shape index (κ1) is 17.0. The van der Waals surface area contributed by atoms with E-state index >= 15 is 0 Å². The van der Waals surface area contributed by atoms with Crippen LogP contribution in [0.4, 0.5) is 0 Å². The van der Waals surface area contributed by atoms with Crippen molar-refractivity contribution in [1.29, 1.82) is 0 Å². The first-order chi connectivity index (χ1) is 12.2. The lowest BCUT2D eigenvalue weighted by Crippen LogP contribution is -2.18. The van der Waals surface area contributed by atoms with Crippen molar-refractivity contribution in [3.63, 3.8) is 0 Å². The molecule has 25 heavy (non-hydrogen) atoms. The molecule has 1 unspecified atom stereocenters. The van der Waals surface area contributed by atoms with E-state index in [1.54, 1.807) is 12.1 Å². The summed E-state index contributed by atoms with van der Waals surface area (Å²) in [7, 11) is 1.51. The largest absolute Gasteiger partial charge is 0.480 e. The van der Waals surface area contributed by atoms with Gasteiger partial charge in [0.2, 0.25) is 17.6 Å².